The number of thiophene rings is 1. The third-order valence-corrected chi connectivity index (χ3v) is 6.15. The first-order valence-corrected chi connectivity index (χ1v) is 8.61. The van der Waals surface area contributed by atoms with Crippen molar-refractivity contribution in [3.05, 3.63) is 52.5 Å². The van der Waals surface area contributed by atoms with E-state index in [-0.39, 0.29) is 17.3 Å². The van der Waals surface area contributed by atoms with Gasteiger partial charge >= 0.3 is 0 Å². The molecule has 21 heavy (non-hydrogen) atoms. The second kappa shape index (κ2) is 6.36. The molecule has 1 unspecified atom stereocenters. The summed E-state index contributed by atoms with van der Waals surface area (Å²) < 4.78 is 38.3. The zero-order valence-electron chi connectivity index (χ0n) is 11.2. The molecule has 0 aliphatic heterocycles. The molecule has 2 aromatic rings. The molecular formula is C14H14FNO3S2. The Labute approximate surface area is 126 Å². The molecule has 0 radical (unpaired) electrons. The Bertz CT molecular complexity index is 709. The Morgan fingerprint density at radius 3 is 2.48 bits per heavy atom. The second-order valence-corrected chi connectivity index (χ2v) is 7.55. The number of sulfone groups is 1. The summed E-state index contributed by atoms with van der Waals surface area (Å²) in [6.45, 7) is 1.31. The molecule has 1 aromatic heterocycles. The zero-order valence-corrected chi connectivity index (χ0v) is 12.9. The minimum Gasteiger partial charge on any atom is -0.355 e. The lowest BCUT2D eigenvalue weighted by atomic mass is 10.3. The topological polar surface area (TPSA) is 63.2 Å². The molecule has 0 bridgehead atoms. The van der Waals surface area contributed by atoms with Crippen LogP contribution in [0.4, 0.5) is 4.39 Å². The molecule has 112 valence electrons. The van der Waals surface area contributed by atoms with Gasteiger partial charge in [0.1, 0.15) is 11.1 Å². The van der Waals surface area contributed by atoms with Crippen LogP contribution in [0.5, 0.6) is 0 Å². The number of hydrogen-bond acceptors (Lipinski definition) is 4. The van der Waals surface area contributed by atoms with E-state index >= 15 is 0 Å². The standard InChI is InChI=1S/C14H14FNO3S2/c1-10(17)16-9-14(13-3-2-8-20-13)21(18,19)12-6-4-11(15)5-7-12/h2-8,14H,9H2,1H3,(H,16,17). The highest BCUT2D eigenvalue weighted by molar-refractivity contribution is 7.91. The molecule has 0 fully saturated rings. The van der Waals surface area contributed by atoms with Crippen molar-refractivity contribution in [2.75, 3.05) is 6.54 Å². The Kier molecular flexibility index (Phi) is 4.74. The van der Waals surface area contributed by atoms with Gasteiger partial charge in [-0.2, -0.15) is 0 Å². The van der Waals surface area contributed by atoms with Gasteiger partial charge in [0.2, 0.25) is 5.91 Å². The minimum absolute atomic E-state index is 0.0183. The van der Waals surface area contributed by atoms with Crippen LogP contribution < -0.4 is 5.32 Å². The summed E-state index contributed by atoms with van der Waals surface area (Å²) in [6.07, 6.45) is 0. The largest absolute Gasteiger partial charge is 0.355 e. The fourth-order valence-corrected chi connectivity index (χ4v) is 4.65. The molecule has 2 rings (SSSR count). The van der Waals surface area contributed by atoms with Crippen molar-refractivity contribution in [3.8, 4) is 0 Å². The molecule has 1 heterocycles. The predicted molar refractivity (Wildman–Crippen MR) is 79.3 cm³/mol. The first-order chi connectivity index (χ1) is 9.91. The van der Waals surface area contributed by atoms with Gasteiger partial charge in [-0.1, -0.05) is 6.07 Å². The second-order valence-electron chi connectivity index (χ2n) is 4.44. The highest BCUT2D eigenvalue weighted by atomic mass is 32.2. The molecule has 1 aromatic carbocycles. The summed E-state index contributed by atoms with van der Waals surface area (Å²) in [7, 11) is -3.71. The fourth-order valence-electron chi connectivity index (χ4n) is 1.86. The van der Waals surface area contributed by atoms with E-state index in [1.165, 1.54) is 30.4 Å². The van der Waals surface area contributed by atoms with Crippen LogP contribution in [0.1, 0.15) is 17.1 Å². The number of hydrogen-bond donors (Lipinski definition) is 1. The number of rotatable bonds is 5. The lowest BCUT2D eigenvalue weighted by Gasteiger charge is -2.17. The van der Waals surface area contributed by atoms with Crippen molar-refractivity contribution >= 4 is 27.1 Å². The summed E-state index contributed by atoms with van der Waals surface area (Å²) in [5.41, 5.74) is 0. The lowest BCUT2D eigenvalue weighted by molar-refractivity contribution is -0.118. The van der Waals surface area contributed by atoms with E-state index in [4.69, 9.17) is 0 Å². The first kappa shape index (κ1) is 15.7. The Morgan fingerprint density at radius 2 is 1.95 bits per heavy atom. The molecule has 0 saturated heterocycles. The van der Waals surface area contributed by atoms with Crippen LogP contribution >= 0.6 is 11.3 Å². The smallest absolute Gasteiger partial charge is 0.216 e. The third-order valence-electron chi connectivity index (χ3n) is 2.91. The number of nitrogens with one attached hydrogen (secondary N) is 1. The maximum absolute atomic E-state index is 13.0. The van der Waals surface area contributed by atoms with Gasteiger partial charge in [-0.3, -0.25) is 4.79 Å². The van der Waals surface area contributed by atoms with Gasteiger partial charge in [-0.25, -0.2) is 12.8 Å². The van der Waals surface area contributed by atoms with Crippen LogP contribution in [0.2, 0.25) is 0 Å². The van der Waals surface area contributed by atoms with Crippen molar-refractivity contribution < 1.29 is 17.6 Å². The van der Waals surface area contributed by atoms with E-state index in [2.05, 4.69) is 5.32 Å². The molecule has 0 saturated carbocycles. The van der Waals surface area contributed by atoms with Crippen LogP contribution in [-0.4, -0.2) is 20.9 Å². The zero-order chi connectivity index (χ0) is 15.5. The van der Waals surface area contributed by atoms with Gasteiger partial charge in [0.05, 0.1) is 4.90 Å². The lowest BCUT2D eigenvalue weighted by Crippen LogP contribution is -2.29. The average molecular weight is 327 g/mol. The number of benzene rings is 1. The van der Waals surface area contributed by atoms with E-state index in [9.17, 15) is 17.6 Å². The SMILES string of the molecule is CC(=O)NCC(c1cccs1)S(=O)(=O)c1ccc(F)cc1. The number of carbonyl (C=O) groups excluding carboxylic acids is 1. The highest BCUT2D eigenvalue weighted by Gasteiger charge is 2.30. The fraction of sp³-hybridized carbons (Fsp3) is 0.214. The summed E-state index contributed by atoms with van der Waals surface area (Å²) in [5.74, 6) is -0.797. The molecular weight excluding hydrogens is 313 g/mol. The molecule has 1 N–H and O–H groups in total. The molecule has 0 aliphatic carbocycles. The van der Waals surface area contributed by atoms with Crippen molar-refractivity contribution in [2.24, 2.45) is 0 Å². The number of amides is 1. The molecule has 0 aliphatic rings. The van der Waals surface area contributed by atoms with Gasteiger partial charge in [-0.05, 0) is 35.7 Å². The van der Waals surface area contributed by atoms with Gasteiger partial charge in [0, 0.05) is 18.3 Å². The summed E-state index contributed by atoms with van der Waals surface area (Å²) in [4.78, 5) is 11.7. The minimum atomic E-state index is -3.71. The molecule has 0 spiro atoms. The van der Waals surface area contributed by atoms with Gasteiger partial charge in [0.25, 0.3) is 0 Å². The summed E-state index contributed by atoms with van der Waals surface area (Å²) in [6, 6.07) is 8.14. The van der Waals surface area contributed by atoms with Crippen LogP contribution in [-0.2, 0) is 14.6 Å². The monoisotopic (exact) mass is 327 g/mol. The van der Waals surface area contributed by atoms with Crippen molar-refractivity contribution in [1.82, 2.24) is 5.32 Å². The Balaban J connectivity index is 2.39. The van der Waals surface area contributed by atoms with Crippen molar-refractivity contribution in [2.45, 2.75) is 17.1 Å². The van der Waals surface area contributed by atoms with E-state index < -0.39 is 20.9 Å². The van der Waals surface area contributed by atoms with Gasteiger partial charge < -0.3 is 5.32 Å². The average Bonchev–Trinajstić information content (AvgIpc) is 2.92. The predicted octanol–water partition coefficient (Wildman–Crippen LogP) is 2.54. The van der Waals surface area contributed by atoms with Crippen LogP contribution in [0.25, 0.3) is 0 Å². The van der Waals surface area contributed by atoms with Crippen LogP contribution in [0.3, 0.4) is 0 Å². The Hall–Kier alpha value is -1.73. The maximum atomic E-state index is 13.0. The Morgan fingerprint density at radius 1 is 1.29 bits per heavy atom. The molecule has 4 nitrogen and oxygen atoms in total. The quantitative estimate of drug-likeness (QED) is 0.859. The normalized spacial score (nSPS) is 12.9. The van der Waals surface area contributed by atoms with E-state index in [0.717, 1.165) is 12.1 Å². The van der Waals surface area contributed by atoms with Crippen LogP contribution in [0, 0.1) is 5.82 Å². The van der Waals surface area contributed by atoms with Crippen molar-refractivity contribution in [3.63, 3.8) is 0 Å². The van der Waals surface area contributed by atoms with Crippen molar-refractivity contribution in [1.29, 1.82) is 0 Å². The van der Waals surface area contributed by atoms with Gasteiger partial charge in [0.15, 0.2) is 9.84 Å². The summed E-state index contributed by atoms with van der Waals surface area (Å²) >= 11 is 1.30. The summed E-state index contributed by atoms with van der Waals surface area (Å²) in [5, 5.41) is 3.43. The van der Waals surface area contributed by atoms with E-state index in [1.54, 1.807) is 17.5 Å². The molecule has 7 heteroatoms. The van der Waals surface area contributed by atoms with Crippen LogP contribution in [0.15, 0.2) is 46.7 Å². The van der Waals surface area contributed by atoms with E-state index in [1.807, 2.05) is 0 Å². The highest BCUT2D eigenvalue weighted by Crippen LogP contribution is 2.31. The maximum Gasteiger partial charge on any atom is 0.216 e. The molecule has 1 atom stereocenters. The number of carbonyl (C=O) groups is 1. The van der Waals surface area contributed by atoms with Gasteiger partial charge in [-0.15, -0.1) is 11.3 Å². The first-order valence-electron chi connectivity index (χ1n) is 6.18. The van der Waals surface area contributed by atoms with E-state index in [0.29, 0.717) is 4.88 Å². The third kappa shape index (κ3) is 3.68. The number of halogens is 1. The molecule has 1 amide bonds.